The van der Waals surface area contributed by atoms with Gasteiger partial charge in [-0.15, -0.1) is 11.8 Å². The van der Waals surface area contributed by atoms with Crippen molar-refractivity contribution >= 4 is 17.7 Å². The lowest BCUT2D eigenvalue weighted by molar-refractivity contribution is -0.134. The fraction of sp³-hybridized carbons (Fsp3) is 0.471. The number of aryl methyl sites for hydroxylation is 1. The highest BCUT2D eigenvalue weighted by Gasteiger charge is 2.43. The molecule has 126 valence electrons. The maximum atomic E-state index is 13.2. The summed E-state index contributed by atoms with van der Waals surface area (Å²) in [5.74, 6) is 1.86. The Balaban J connectivity index is 1.62. The topological polar surface area (TPSA) is 68.5 Å². The summed E-state index contributed by atoms with van der Waals surface area (Å²) in [4.78, 5) is 20.6. The molecule has 0 aliphatic carbocycles. The molecular weight excluding hydrogens is 326 g/mol. The van der Waals surface area contributed by atoms with Crippen molar-refractivity contribution in [3.63, 3.8) is 0 Å². The van der Waals surface area contributed by atoms with Gasteiger partial charge in [-0.25, -0.2) is 0 Å². The molecule has 1 aromatic carbocycles. The van der Waals surface area contributed by atoms with E-state index in [0.29, 0.717) is 24.7 Å². The number of nitrogens with zero attached hydrogens (tertiary/aromatic N) is 3. The van der Waals surface area contributed by atoms with Crippen molar-refractivity contribution < 1.29 is 14.1 Å². The Kier molecular flexibility index (Phi) is 4.05. The lowest BCUT2D eigenvalue weighted by atomic mass is 9.99. The van der Waals surface area contributed by atoms with Crippen LogP contribution in [-0.2, 0) is 9.53 Å². The third-order valence-corrected chi connectivity index (χ3v) is 5.89. The van der Waals surface area contributed by atoms with Crippen LogP contribution in [0.25, 0.3) is 0 Å². The molecule has 2 aliphatic heterocycles. The Morgan fingerprint density at radius 2 is 2.25 bits per heavy atom. The van der Waals surface area contributed by atoms with Gasteiger partial charge in [0.2, 0.25) is 11.8 Å². The Labute approximate surface area is 144 Å². The van der Waals surface area contributed by atoms with Gasteiger partial charge in [0.1, 0.15) is 6.04 Å². The Hall–Kier alpha value is -1.86. The highest BCUT2D eigenvalue weighted by Crippen LogP contribution is 2.43. The molecule has 1 fully saturated rings. The number of hydrogen-bond donors (Lipinski definition) is 0. The second kappa shape index (κ2) is 6.22. The maximum absolute atomic E-state index is 13.2. The molecule has 3 heterocycles. The normalized spacial score (nSPS) is 25.9. The molecule has 0 bridgehead atoms. The predicted octanol–water partition coefficient (Wildman–Crippen LogP) is 2.56. The van der Waals surface area contributed by atoms with Crippen molar-refractivity contribution in [3.05, 3.63) is 41.5 Å². The lowest BCUT2D eigenvalue weighted by Gasteiger charge is -2.25. The van der Waals surface area contributed by atoms with Crippen LogP contribution in [0.15, 0.2) is 33.7 Å². The third-order valence-electron chi connectivity index (χ3n) is 4.71. The van der Waals surface area contributed by atoms with E-state index in [1.165, 1.54) is 4.90 Å². The van der Waals surface area contributed by atoms with Gasteiger partial charge in [-0.2, -0.15) is 4.98 Å². The van der Waals surface area contributed by atoms with Crippen LogP contribution in [0.4, 0.5) is 0 Å². The predicted molar refractivity (Wildman–Crippen MR) is 88.8 cm³/mol. The first-order chi connectivity index (χ1) is 11.7. The summed E-state index contributed by atoms with van der Waals surface area (Å²) < 4.78 is 10.8. The zero-order valence-corrected chi connectivity index (χ0v) is 14.5. The number of benzene rings is 1. The summed E-state index contributed by atoms with van der Waals surface area (Å²) in [5, 5.41) is 3.87. The molecule has 1 aromatic heterocycles. The maximum Gasteiger partial charge on any atom is 0.249 e. The van der Waals surface area contributed by atoms with E-state index in [9.17, 15) is 4.79 Å². The second-order valence-corrected chi connectivity index (χ2v) is 7.24. The minimum Gasteiger partial charge on any atom is -0.380 e. The van der Waals surface area contributed by atoms with Crippen LogP contribution in [0.3, 0.4) is 0 Å². The van der Waals surface area contributed by atoms with Gasteiger partial charge >= 0.3 is 0 Å². The van der Waals surface area contributed by atoms with Gasteiger partial charge in [0.25, 0.3) is 0 Å². The first kappa shape index (κ1) is 15.7. The Bertz CT molecular complexity index is 763. The fourth-order valence-electron chi connectivity index (χ4n) is 3.46. The van der Waals surface area contributed by atoms with Crippen LogP contribution in [0.1, 0.15) is 35.7 Å². The van der Waals surface area contributed by atoms with E-state index in [-0.39, 0.29) is 24.0 Å². The summed E-state index contributed by atoms with van der Waals surface area (Å²) in [7, 11) is 1.68. The molecule has 2 aromatic rings. The van der Waals surface area contributed by atoms with Crippen LogP contribution in [0.2, 0.25) is 0 Å². The largest absolute Gasteiger partial charge is 0.380 e. The lowest BCUT2D eigenvalue weighted by Crippen LogP contribution is -2.36. The number of aromatic nitrogens is 2. The SMILES string of the molecule is CO[C@@H]1C[C@H](c2nc(C)no2)N(C(=O)[C@H]2CSc3ccccc32)C1. The van der Waals surface area contributed by atoms with Crippen molar-refractivity contribution in [2.45, 2.75) is 36.3 Å². The smallest absolute Gasteiger partial charge is 0.249 e. The molecule has 0 N–H and O–H groups in total. The number of carbonyl (C=O) groups excluding carboxylic acids is 1. The van der Waals surface area contributed by atoms with Crippen LogP contribution in [-0.4, -0.2) is 46.5 Å². The van der Waals surface area contributed by atoms with Crippen molar-refractivity contribution in [3.8, 4) is 0 Å². The van der Waals surface area contributed by atoms with Gasteiger partial charge in [-0.05, 0) is 18.6 Å². The summed E-state index contributed by atoms with van der Waals surface area (Å²) in [6.45, 7) is 2.34. The fourth-order valence-corrected chi connectivity index (χ4v) is 4.68. The molecule has 7 heteroatoms. The van der Waals surface area contributed by atoms with Gasteiger partial charge in [0, 0.05) is 30.7 Å². The molecule has 1 amide bonds. The average Bonchev–Trinajstić information content (AvgIpc) is 3.31. The standard InChI is InChI=1S/C17H19N3O3S/c1-10-18-16(23-19-10)14-7-11(22-2)8-20(14)17(21)13-9-24-15-6-4-3-5-12(13)15/h3-6,11,13-14H,7-9H2,1-2H3/t11-,13+,14-/m1/s1. The Morgan fingerprint density at radius 1 is 1.42 bits per heavy atom. The van der Waals surface area contributed by atoms with Crippen LogP contribution in [0.5, 0.6) is 0 Å². The van der Waals surface area contributed by atoms with Crippen molar-refractivity contribution in [2.75, 3.05) is 19.4 Å². The third kappa shape index (κ3) is 2.61. The van der Waals surface area contributed by atoms with Crippen LogP contribution >= 0.6 is 11.8 Å². The molecule has 24 heavy (non-hydrogen) atoms. The molecular formula is C17H19N3O3S. The van der Waals surface area contributed by atoms with E-state index < -0.39 is 0 Å². The van der Waals surface area contributed by atoms with Crippen LogP contribution < -0.4 is 0 Å². The number of methoxy groups -OCH3 is 1. The van der Waals surface area contributed by atoms with Crippen molar-refractivity contribution in [1.82, 2.24) is 15.0 Å². The number of fused-ring (bicyclic) bond motifs is 1. The molecule has 0 unspecified atom stereocenters. The summed E-state index contributed by atoms with van der Waals surface area (Å²) in [5.41, 5.74) is 1.12. The van der Waals surface area contributed by atoms with E-state index in [0.717, 1.165) is 11.3 Å². The second-order valence-electron chi connectivity index (χ2n) is 6.18. The van der Waals surface area contributed by atoms with Gasteiger partial charge in [0.15, 0.2) is 5.82 Å². The van der Waals surface area contributed by atoms with Crippen LogP contribution in [0, 0.1) is 6.92 Å². The van der Waals surface area contributed by atoms with E-state index >= 15 is 0 Å². The minimum absolute atomic E-state index is 0.00421. The van der Waals surface area contributed by atoms with E-state index in [1.54, 1.807) is 25.8 Å². The van der Waals surface area contributed by atoms with Crippen molar-refractivity contribution in [2.24, 2.45) is 0 Å². The number of thioether (sulfide) groups is 1. The number of amides is 1. The number of hydrogen-bond acceptors (Lipinski definition) is 6. The Morgan fingerprint density at radius 3 is 3.00 bits per heavy atom. The summed E-state index contributed by atoms with van der Waals surface area (Å²) >= 11 is 1.74. The molecule has 2 aliphatic rings. The van der Waals surface area contributed by atoms with E-state index in [1.807, 2.05) is 23.1 Å². The number of likely N-dealkylation sites (tertiary alicyclic amines) is 1. The molecule has 0 radical (unpaired) electrons. The van der Waals surface area contributed by atoms with Gasteiger partial charge in [0.05, 0.1) is 12.0 Å². The van der Waals surface area contributed by atoms with Crippen molar-refractivity contribution in [1.29, 1.82) is 0 Å². The monoisotopic (exact) mass is 345 g/mol. The van der Waals surface area contributed by atoms with E-state index in [2.05, 4.69) is 16.2 Å². The minimum atomic E-state index is -0.207. The molecule has 3 atom stereocenters. The number of ether oxygens (including phenoxy) is 1. The zero-order chi connectivity index (χ0) is 16.7. The highest BCUT2D eigenvalue weighted by atomic mass is 32.2. The molecule has 6 nitrogen and oxygen atoms in total. The molecule has 0 spiro atoms. The summed E-state index contributed by atoms with van der Waals surface area (Å²) in [6.07, 6.45) is 0.682. The first-order valence-corrected chi connectivity index (χ1v) is 9.01. The van der Waals surface area contributed by atoms with E-state index in [4.69, 9.17) is 9.26 Å². The number of carbonyl (C=O) groups is 1. The highest BCUT2D eigenvalue weighted by molar-refractivity contribution is 7.99. The van der Waals surface area contributed by atoms with Gasteiger partial charge < -0.3 is 14.2 Å². The summed E-state index contributed by atoms with van der Waals surface area (Å²) in [6, 6.07) is 7.92. The molecule has 4 rings (SSSR count). The molecule has 1 saturated heterocycles. The average molecular weight is 345 g/mol. The first-order valence-electron chi connectivity index (χ1n) is 8.02. The van der Waals surface area contributed by atoms with Gasteiger partial charge in [-0.1, -0.05) is 23.4 Å². The van der Waals surface area contributed by atoms with Gasteiger partial charge in [-0.3, -0.25) is 4.79 Å². The number of rotatable bonds is 3. The zero-order valence-electron chi connectivity index (χ0n) is 13.6. The quantitative estimate of drug-likeness (QED) is 0.852. The molecule has 0 saturated carbocycles.